The Bertz CT molecular complexity index is 512. The number of hydrogen-bond donors (Lipinski definition) is 2. The number of carbonyl (C=O) groups excluding carboxylic acids is 1. The summed E-state index contributed by atoms with van der Waals surface area (Å²) in [5.74, 6) is -0.138. The molecule has 0 aromatic heterocycles. The molecule has 1 rings (SSSR count). The van der Waals surface area contributed by atoms with Crippen LogP contribution in [0, 0.1) is 0 Å². The highest BCUT2D eigenvalue weighted by molar-refractivity contribution is 7.80. The molecule has 114 valence electrons. The van der Waals surface area contributed by atoms with Gasteiger partial charge < -0.3 is 10.5 Å². The first-order valence-corrected chi connectivity index (χ1v) is 7.28. The van der Waals surface area contributed by atoms with Gasteiger partial charge in [-0.15, -0.1) is 0 Å². The van der Waals surface area contributed by atoms with E-state index in [1.807, 2.05) is 38.1 Å². The van der Waals surface area contributed by atoms with Gasteiger partial charge in [0.1, 0.15) is 0 Å². The highest BCUT2D eigenvalue weighted by Crippen LogP contribution is 2.09. The van der Waals surface area contributed by atoms with Crippen molar-refractivity contribution in [2.75, 3.05) is 6.61 Å². The molecule has 0 amide bonds. The predicted octanol–water partition coefficient (Wildman–Crippen LogP) is 2.13. The van der Waals surface area contributed by atoms with E-state index in [0.717, 1.165) is 24.1 Å². The molecule has 0 saturated heterocycles. The zero-order valence-electron chi connectivity index (χ0n) is 12.4. The van der Waals surface area contributed by atoms with Crippen LogP contribution in [-0.4, -0.2) is 23.4 Å². The molecule has 0 saturated carbocycles. The smallest absolute Gasteiger partial charge is 0.305 e. The van der Waals surface area contributed by atoms with E-state index in [9.17, 15) is 4.79 Å². The van der Waals surface area contributed by atoms with E-state index < -0.39 is 0 Å². The summed E-state index contributed by atoms with van der Waals surface area (Å²) in [7, 11) is 0. The SMILES string of the molecule is CCOC(=O)CCCc1ccc(C(C)=NNC(N)=S)cc1. The number of aryl methyl sites for hydroxylation is 1. The van der Waals surface area contributed by atoms with E-state index in [4.69, 9.17) is 22.7 Å². The third-order valence-electron chi connectivity index (χ3n) is 2.86. The first-order chi connectivity index (χ1) is 10.0. The largest absolute Gasteiger partial charge is 0.466 e. The van der Waals surface area contributed by atoms with Crippen molar-refractivity contribution in [3.63, 3.8) is 0 Å². The molecule has 5 nitrogen and oxygen atoms in total. The van der Waals surface area contributed by atoms with Gasteiger partial charge in [-0.3, -0.25) is 10.2 Å². The number of benzene rings is 1. The van der Waals surface area contributed by atoms with Gasteiger partial charge in [-0.25, -0.2) is 0 Å². The zero-order valence-corrected chi connectivity index (χ0v) is 13.2. The molecule has 0 aliphatic heterocycles. The van der Waals surface area contributed by atoms with Crippen molar-refractivity contribution in [2.45, 2.75) is 33.1 Å². The second-order valence-corrected chi connectivity index (χ2v) is 4.97. The molecule has 3 N–H and O–H groups in total. The standard InChI is InChI=1S/C15H21N3O2S/c1-3-20-14(19)6-4-5-12-7-9-13(10-8-12)11(2)17-18-15(16)21/h7-10H,3-6H2,1-2H3,(H3,16,18,21). The normalized spacial score (nSPS) is 11.0. The van der Waals surface area contributed by atoms with Gasteiger partial charge in [0.05, 0.1) is 12.3 Å². The van der Waals surface area contributed by atoms with Gasteiger partial charge in [-0.1, -0.05) is 24.3 Å². The molecule has 6 heteroatoms. The molecule has 1 aromatic carbocycles. The number of thiocarbonyl (C=S) groups is 1. The minimum Gasteiger partial charge on any atom is -0.466 e. The fourth-order valence-corrected chi connectivity index (χ4v) is 1.83. The second kappa shape index (κ2) is 9.07. The van der Waals surface area contributed by atoms with Crippen molar-refractivity contribution in [3.8, 4) is 0 Å². The Morgan fingerprint density at radius 3 is 2.62 bits per heavy atom. The lowest BCUT2D eigenvalue weighted by molar-refractivity contribution is -0.143. The van der Waals surface area contributed by atoms with Gasteiger partial charge in [0.25, 0.3) is 0 Å². The summed E-state index contributed by atoms with van der Waals surface area (Å²) in [6, 6.07) is 8.03. The number of esters is 1. The lowest BCUT2D eigenvalue weighted by atomic mass is 10.0. The number of ether oxygens (including phenoxy) is 1. The fourth-order valence-electron chi connectivity index (χ4n) is 1.79. The van der Waals surface area contributed by atoms with Gasteiger partial charge in [0.15, 0.2) is 5.11 Å². The Balaban J connectivity index is 2.48. The number of rotatable bonds is 7. The third-order valence-corrected chi connectivity index (χ3v) is 2.95. The molecule has 0 aliphatic rings. The van der Waals surface area contributed by atoms with Crippen LogP contribution in [0.15, 0.2) is 29.4 Å². The van der Waals surface area contributed by atoms with E-state index in [2.05, 4.69) is 10.5 Å². The van der Waals surface area contributed by atoms with Crippen LogP contribution in [0.25, 0.3) is 0 Å². The van der Waals surface area contributed by atoms with Crippen LogP contribution in [0.1, 0.15) is 37.8 Å². The highest BCUT2D eigenvalue weighted by atomic mass is 32.1. The van der Waals surface area contributed by atoms with Crippen molar-refractivity contribution < 1.29 is 9.53 Å². The summed E-state index contributed by atoms with van der Waals surface area (Å²) < 4.78 is 4.89. The van der Waals surface area contributed by atoms with Crippen LogP contribution in [0.2, 0.25) is 0 Å². The van der Waals surface area contributed by atoms with E-state index in [1.165, 1.54) is 5.56 Å². The van der Waals surface area contributed by atoms with Crippen LogP contribution in [0.4, 0.5) is 0 Å². The molecule has 0 fully saturated rings. The number of nitrogens with zero attached hydrogens (tertiary/aromatic N) is 1. The average Bonchev–Trinajstić information content (AvgIpc) is 2.45. The minimum absolute atomic E-state index is 0.138. The maximum atomic E-state index is 11.2. The van der Waals surface area contributed by atoms with Gasteiger partial charge in [-0.2, -0.15) is 5.10 Å². The Labute approximate surface area is 130 Å². The van der Waals surface area contributed by atoms with Gasteiger partial charge in [0.2, 0.25) is 0 Å². The predicted molar refractivity (Wildman–Crippen MR) is 88.1 cm³/mol. The molecule has 21 heavy (non-hydrogen) atoms. The van der Waals surface area contributed by atoms with Gasteiger partial charge in [0, 0.05) is 6.42 Å². The lowest BCUT2D eigenvalue weighted by Crippen LogP contribution is -2.25. The van der Waals surface area contributed by atoms with Gasteiger partial charge in [-0.05, 0) is 50.0 Å². The number of nitrogens with one attached hydrogen (secondary N) is 1. The molecule has 0 spiro atoms. The maximum absolute atomic E-state index is 11.2. The molecular formula is C15H21N3O2S. The molecule has 0 unspecified atom stereocenters. The molecule has 0 aliphatic carbocycles. The van der Waals surface area contributed by atoms with Crippen molar-refractivity contribution in [3.05, 3.63) is 35.4 Å². The van der Waals surface area contributed by atoms with E-state index >= 15 is 0 Å². The topological polar surface area (TPSA) is 76.7 Å². The Kier molecular flexibility index (Phi) is 7.39. The number of hydrogen-bond acceptors (Lipinski definition) is 4. The highest BCUT2D eigenvalue weighted by Gasteiger charge is 2.03. The summed E-state index contributed by atoms with van der Waals surface area (Å²) in [5, 5.41) is 4.21. The minimum atomic E-state index is -0.138. The monoisotopic (exact) mass is 307 g/mol. The Morgan fingerprint density at radius 2 is 2.05 bits per heavy atom. The lowest BCUT2D eigenvalue weighted by Gasteiger charge is -2.05. The third kappa shape index (κ3) is 6.85. The zero-order chi connectivity index (χ0) is 15.7. The Hall–Kier alpha value is -1.95. The number of nitrogens with two attached hydrogens (primary N) is 1. The molecule has 1 aromatic rings. The van der Waals surface area contributed by atoms with Crippen molar-refractivity contribution in [2.24, 2.45) is 10.8 Å². The van der Waals surface area contributed by atoms with Gasteiger partial charge >= 0.3 is 5.97 Å². The molecule has 0 heterocycles. The molecular weight excluding hydrogens is 286 g/mol. The summed E-state index contributed by atoms with van der Waals surface area (Å²) in [6.45, 7) is 4.13. The quantitative estimate of drug-likeness (QED) is 0.349. The fraction of sp³-hybridized carbons (Fsp3) is 0.400. The maximum Gasteiger partial charge on any atom is 0.305 e. The molecule has 0 atom stereocenters. The van der Waals surface area contributed by atoms with E-state index in [-0.39, 0.29) is 11.1 Å². The van der Waals surface area contributed by atoms with Crippen LogP contribution in [0.3, 0.4) is 0 Å². The van der Waals surface area contributed by atoms with Crippen molar-refractivity contribution in [1.82, 2.24) is 5.43 Å². The van der Waals surface area contributed by atoms with Crippen molar-refractivity contribution in [1.29, 1.82) is 0 Å². The average molecular weight is 307 g/mol. The summed E-state index contributed by atoms with van der Waals surface area (Å²) in [6.07, 6.45) is 2.09. The summed E-state index contributed by atoms with van der Waals surface area (Å²) in [4.78, 5) is 11.2. The van der Waals surface area contributed by atoms with Crippen LogP contribution in [0.5, 0.6) is 0 Å². The van der Waals surface area contributed by atoms with E-state index in [1.54, 1.807) is 0 Å². The molecule has 0 radical (unpaired) electrons. The summed E-state index contributed by atoms with van der Waals surface area (Å²) in [5.41, 5.74) is 10.9. The van der Waals surface area contributed by atoms with Crippen LogP contribution >= 0.6 is 12.2 Å². The summed E-state index contributed by atoms with van der Waals surface area (Å²) >= 11 is 4.69. The first-order valence-electron chi connectivity index (χ1n) is 6.87. The molecule has 0 bridgehead atoms. The first kappa shape index (κ1) is 17.1. The van der Waals surface area contributed by atoms with E-state index in [0.29, 0.717) is 13.0 Å². The van der Waals surface area contributed by atoms with Crippen LogP contribution < -0.4 is 11.2 Å². The van der Waals surface area contributed by atoms with Crippen molar-refractivity contribution >= 4 is 29.0 Å². The Morgan fingerprint density at radius 1 is 1.38 bits per heavy atom. The van der Waals surface area contributed by atoms with Crippen LogP contribution in [-0.2, 0) is 16.0 Å². The number of carbonyl (C=O) groups is 1. The second-order valence-electron chi connectivity index (χ2n) is 4.53. The number of hydrazone groups is 1.